The topological polar surface area (TPSA) is 71.1 Å². The highest BCUT2D eigenvalue weighted by molar-refractivity contribution is 5.74. The second kappa shape index (κ2) is 10.5. The summed E-state index contributed by atoms with van der Waals surface area (Å²) in [6, 6.07) is 7.62. The van der Waals surface area contributed by atoms with Crippen molar-refractivity contribution in [2.45, 2.75) is 65.6 Å². The highest BCUT2D eigenvalue weighted by Crippen LogP contribution is 2.21. The molecule has 1 aliphatic rings. The minimum absolute atomic E-state index is 0.0367. The van der Waals surface area contributed by atoms with E-state index in [4.69, 9.17) is 9.47 Å². The first-order valence-electron chi connectivity index (χ1n) is 10.7. The number of urea groups is 1. The smallest absolute Gasteiger partial charge is 0.410 e. The molecule has 0 radical (unpaired) electrons. The van der Waals surface area contributed by atoms with E-state index in [0.29, 0.717) is 19.6 Å². The number of carbonyl (C=O) groups excluding carboxylic acids is 2. The number of rotatable bonds is 6. The van der Waals surface area contributed by atoms with Gasteiger partial charge in [0.2, 0.25) is 0 Å². The quantitative estimate of drug-likeness (QED) is 0.748. The molecule has 0 saturated carbocycles. The molecule has 1 aromatic carbocycles. The van der Waals surface area contributed by atoms with Crippen molar-refractivity contribution < 1.29 is 19.1 Å². The van der Waals surface area contributed by atoms with Gasteiger partial charge < -0.3 is 24.6 Å². The first-order valence-corrected chi connectivity index (χ1v) is 10.7. The number of nitrogens with zero attached hydrogens (tertiary/aromatic N) is 2. The van der Waals surface area contributed by atoms with Gasteiger partial charge in [-0.05, 0) is 59.4 Å². The summed E-state index contributed by atoms with van der Waals surface area (Å²) >= 11 is 0. The predicted molar refractivity (Wildman–Crippen MR) is 118 cm³/mol. The van der Waals surface area contributed by atoms with Crippen LogP contribution in [0.3, 0.4) is 0 Å². The van der Waals surface area contributed by atoms with E-state index < -0.39 is 5.60 Å². The van der Waals surface area contributed by atoms with E-state index in [9.17, 15) is 9.59 Å². The third-order valence-corrected chi connectivity index (χ3v) is 5.14. The SMILES string of the molecule is COc1ccccc1CNC(=O)N1CCC[C@@H](CN(C(=O)OC(C)(C)C)C(C)C)C1. The van der Waals surface area contributed by atoms with Gasteiger partial charge in [0.05, 0.1) is 7.11 Å². The fourth-order valence-electron chi connectivity index (χ4n) is 3.63. The number of para-hydroxylation sites is 1. The van der Waals surface area contributed by atoms with Crippen molar-refractivity contribution in [3.05, 3.63) is 29.8 Å². The molecule has 0 aliphatic carbocycles. The number of amides is 3. The Hall–Kier alpha value is -2.44. The first kappa shape index (κ1) is 23.8. The van der Waals surface area contributed by atoms with Crippen molar-refractivity contribution in [1.82, 2.24) is 15.1 Å². The molecule has 7 nitrogen and oxygen atoms in total. The molecule has 1 aromatic rings. The van der Waals surface area contributed by atoms with Gasteiger partial charge >= 0.3 is 12.1 Å². The zero-order valence-corrected chi connectivity index (χ0v) is 19.2. The molecular weight excluding hydrogens is 382 g/mol. The van der Waals surface area contributed by atoms with Gasteiger partial charge in [-0.3, -0.25) is 0 Å². The van der Waals surface area contributed by atoms with Crippen molar-refractivity contribution in [2.75, 3.05) is 26.7 Å². The van der Waals surface area contributed by atoms with E-state index in [-0.39, 0.29) is 24.1 Å². The van der Waals surface area contributed by atoms with Crippen LogP contribution in [0.25, 0.3) is 0 Å². The van der Waals surface area contributed by atoms with Crippen LogP contribution in [-0.4, -0.2) is 60.3 Å². The standard InChI is InChI=1S/C23H37N3O4/c1-17(2)26(22(28)30-23(3,4)5)16-18-10-9-13-25(15-18)21(27)24-14-19-11-7-8-12-20(19)29-6/h7-8,11-12,17-18H,9-10,13-16H2,1-6H3,(H,24,27)/t18-/m1/s1. The summed E-state index contributed by atoms with van der Waals surface area (Å²) < 4.78 is 10.9. The maximum atomic E-state index is 12.7. The zero-order chi connectivity index (χ0) is 22.3. The highest BCUT2D eigenvalue weighted by Gasteiger charge is 2.30. The Labute approximate surface area is 180 Å². The summed E-state index contributed by atoms with van der Waals surface area (Å²) in [5.74, 6) is 0.991. The molecule has 1 aliphatic heterocycles. The molecule has 30 heavy (non-hydrogen) atoms. The Morgan fingerprint density at radius 2 is 1.97 bits per heavy atom. The van der Waals surface area contributed by atoms with Crippen molar-refractivity contribution in [3.8, 4) is 5.75 Å². The summed E-state index contributed by atoms with van der Waals surface area (Å²) in [6.45, 7) is 12.0. The van der Waals surface area contributed by atoms with Crippen LogP contribution in [0.1, 0.15) is 53.0 Å². The lowest BCUT2D eigenvalue weighted by atomic mass is 9.97. The van der Waals surface area contributed by atoms with Crippen LogP contribution < -0.4 is 10.1 Å². The van der Waals surface area contributed by atoms with Crippen LogP contribution in [0.5, 0.6) is 5.75 Å². The molecule has 0 unspecified atom stereocenters. The zero-order valence-electron chi connectivity index (χ0n) is 19.2. The Balaban J connectivity index is 1.93. The third kappa shape index (κ3) is 7.11. The molecule has 1 heterocycles. The molecule has 1 atom stereocenters. The normalized spacial score (nSPS) is 16.9. The van der Waals surface area contributed by atoms with Gasteiger partial charge in [-0.1, -0.05) is 18.2 Å². The van der Waals surface area contributed by atoms with Gasteiger partial charge in [0.1, 0.15) is 11.4 Å². The summed E-state index contributed by atoms with van der Waals surface area (Å²) in [6.07, 6.45) is 1.62. The molecule has 0 spiro atoms. The van der Waals surface area contributed by atoms with E-state index in [1.165, 1.54) is 0 Å². The maximum absolute atomic E-state index is 12.7. The molecule has 1 saturated heterocycles. The van der Waals surface area contributed by atoms with Gasteiger partial charge in [0.25, 0.3) is 0 Å². The molecule has 7 heteroatoms. The Kier molecular flexibility index (Phi) is 8.38. The monoisotopic (exact) mass is 419 g/mol. The Morgan fingerprint density at radius 3 is 2.60 bits per heavy atom. The van der Waals surface area contributed by atoms with E-state index in [0.717, 1.165) is 30.7 Å². The number of benzene rings is 1. The predicted octanol–water partition coefficient (Wildman–Crippen LogP) is 4.26. The molecule has 0 bridgehead atoms. The third-order valence-electron chi connectivity index (χ3n) is 5.14. The first-order chi connectivity index (χ1) is 14.1. The highest BCUT2D eigenvalue weighted by atomic mass is 16.6. The fourth-order valence-corrected chi connectivity index (χ4v) is 3.63. The second-order valence-electron chi connectivity index (χ2n) is 9.15. The minimum atomic E-state index is -0.527. The average Bonchev–Trinajstić information content (AvgIpc) is 2.69. The van der Waals surface area contributed by atoms with Crippen LogP contribution in [0, 0.1) is 5.92 Å². The average molecular weight is 420 g/mol. The van der Waals surface area contributed by atoms with Crippen LogP contribution >= 0.6 is 0 Å². The lowest BCUT2D eigenvalue weighted by Gasteiger charge is -2.37. The van der Waals surface area contributed by atoms with E-state index >= 15 is 0 Å². The number of carbonyl (C=O) groups is 2. The Bertz CT molecular complexity index is 715. The van der Waals surface area contributed by atoms with Crippen molar-refractivity contribution >= 4 is 12.1 Å². The molecule has 3 amide bonds. The number of hydrogen-bond donors (Lipinski definition) is 1. The Morgan fingerprint density at radius 1 is 1.27 bits per heavy atom. The summed E-state index contributed by atoms with van der Waals surface area (Å²) in [5, 5.41) is 3.00. The molecular formula is C23H37N3O4. The largest absolute Gasteiger partial charge is 0.496 e. The molecule has 1 N–H and O–H groups in total. The van der Waals surface area contributed by atoms with Gasteiger partial charge in [-0.2, -0.15) is 0 Å². The number of likely N-dealkylation sites (tertiary alicyclic amines) is 1. The van der Waals surface area contributed by atoms with E-state index in [2.05, 4.69) is 5.32 Å². The minimum Gasteiger partial charge on any atom is -0.496 e. The van der Waals surface area contributed by atoms with Crippen LogP contribution in [0.15, 0.2) is 24.3 Å². The maximum Gasteiger partial charge on any atom is 0.410 e. The molecule has 0 aromatic heterocycles. The van der Waals surface area contributed by atoms with Crippen LogP contribution in [0.2, 0.25) is 0 Å². The lowest BCUT2D eigenvalue weighted by Crippen LogP contribution is -2.50. The number of ether oxygens (including phenoxy) is 2. The van der Waals surface area contributed by atoms with Gasteiger partial charge in [-0.25, -0.2) is 9.59 Å². The second-order valence-corrected chi connectivity index (χ2v) is 9.15. The molecule has 2 rings (SSSR count). The van der Waals surface area contributed by atoms with E-state index in [1.807, 2.05) is 63.8 Å². The van der Waals surface area contributed by atoms with Crippen molar-refractivity contribution in [2.24, 2.45) is 5.92 Å². The van der Waals surface area contributed by atoms with Gasteiger partial charge in [0.15, 0.2) is 0 Å². The molecule has 1 fully saturated rings. The number of nitrogens with one attached hydrogen (secondary N) is 1. The summed E-state index contributed by atoms with van der Waals surface area (Å²) in [5.41, 5.74) is 0.416. The summed E-state index contributed by atoms with van der Waals surface area (Å²) in [4.78, 5) is 28.9. The lowest BCUT2D eigenvalue weighted by molar-refractivity contribution is 0.0131. The van der Waals surface area contributed by atoms with Gasteiger partial charge in [0, 0.05) is 37.8 Å². The van der Waals surface area contributed by atoms with Crippen LogP contribution in [-0.2, 0) is 11.3 Å². The molecule has 168 valence electrons. The fraction of sp³-hybridized carbons (Fsp3) is 0.652. The number of methoxy groups -OCH3 is 1. The van der Waals surface area contributed by atoms with Crippen molar-refractivity contribution in [1.29, 1.82) is 0 Å². The number of piperidine rings is 1. The van der Waals surface area contributed by atoms with Crippen LogP contribution in [0.4, 0.5) is 9.59 Å². The van der Waals surface area contributed by atoms with Crippen molar-refractivity contribution in [3.63, 3.8) is 0 Å². The van der Waals surface area contributed by atoms with E-state index in [1.54, 1.807) is 12.0 Å². The number of hydrogen-bond acceptors (Lipinski definition) is 4. The van der Waals surface area contributed by atoms with Gasteiger partial charge in [-0.15, -0.1) is 0 Å². The summed E-state index contributed by atoms with van der Waals surface area (Å²) in [7, 11) is 1.63.